The monoisotopic (exact) mass is 296 g/mol. The maximum Gasteiger partial charge on any atom is 0.228 e. The van der Waals surface area contributed by atoms with Crippen molar-refractivity contribution in [3.05, 3.63) is 51.9 Å². The van der Waals surface area contributed by atoms with E-state index in [1.807, 2.05) is 32.0 Å². The van der Waals surface area contributed by atoms with Crippen molar-refractivity contribution in [2.24, 2.45) is 5.92 Å². The van der Waals surface area contributed by atoms with E-state index >= 15 is 0 Å². The number of rotatable bonds is 3. The van der Waals surface area contributed by atoms with Crippen LogP contribution in [0.25, 0.3) is 0 Å². The molecule has 0 saturated heterocycles. The summed E-state index contributed by atoms with van der Waals surface area (Å²) in [7, 11) is 0. The lowest BCUT2D eigenvalue weighted by Gasteiger charge is -2.03. The molecule has 0 aliphatic heterocycles. The van der Waals surface area contributed by atoms with E-state index < -0.39 is 0 Å². The van der Waals surface area contributed by atoms with E-state index in [2.05, 4.69) is 23.5 Å². The standard InChI is InChI=1S/C17H16N2OS/c1-10-11(2)21-17(15(10)9-18)19-16(20)14-8-13(14)12-6-4-3-5-7-12/h3-7,13-14H,8H2,1-2H3,(H,19,20)/t13-,14+/m0/s1. The van der Waals surface area contributed by atoms with Crippen LogP contribution in [-0.2, 0) is 4.79 Å². The van der Waals surface area contributed by atoms with Crippen LogP contribution in [0.2, 0.25) is 0 Å². The maximum atomic E-state index is 12.3. The third-order valence-corrected chi connectivity index (χ3v) is 5.21. The summed E-state index contributed by atoms with van der Waals surface area (Å²) in [6.45, 7) is 3.89. The molecule has 106 valence electrons. The number of carbonyl (C=O) groups excluding carboxylic acids is 1. The highest BCUT2D eigenvalue weighted by Crippen LogP contribution is 2.48. The first kappa shape index (κ1) is 13.8. The van der Waals surface area contributed by atoms with Crippen LogP contribution < -0.4 is 5.32 Å². The Kier molecular flexibility index (Phi) is 3.52. The van der Waals surface area contributed by atoms with Gasteiger partial charge < -0.3 is 5.32 Å². The number of thiophene rings is 1. The molecule has 1 fully saturated rings. The zero-order valence-electron chi connectivity index (χ0n) is 12.0. The van der Waals surface area contributed by atoms with Crippen LogP contribution in [0.15, 0.2) is 30.3 Å². The molecule has 2 atom stereocenters. The minimum absolute atomic E-state index is 0.0293. The van der Waals surface area contributed by atoms with Crippen molar-refractivity contribution >= 4 is 22.2 Å². The third-order valence-electron chi connectivity index (χ3n) is 4.09. The highest BCUT2D eigenvalue weighted by atomic mass is 32.1. The van der Waals surface area contributed by atoms with Crippen molar-refractivity contribution < 1.29 is 4.79 Å². The number of anilines is 1. The Morgan fingerprint density at radius 1 is 1.33 bits per heavy atom. The summed E-state index contributed by atoms with van der Waals surface area (Å²) in [5.74, 6) is 0.377. The lowest BCUT2D eigenvalue weighted by Crippen LogP contribution is -2.14. The summed E-state index contributed by atoms with van der Waals surface area (Å²) in [6, 6.07) is 12.3. The van der Waals surface area contributed by atoms with Crippen LogP contribution in [-0.4, -0.2) is 5.91 Å². The number of nitriles is 1. The van der Waals surface area contributed by atoms with E-state index in [9.17, 15) is 10.1 Å². The molecular formula is C17H16N2OS. The number of nitrogens with one attached hydrogen (secondary N) is 1. The van der Waals surface area contributed by atoms with Gasteiger partial charge in [-0.25, -0.2) is 0 Å². The Balaban J connectivity index is 1.72. The molecule has 1 aromatic carbocycles. The zero-order chi connectivity index (χ0) is 15.0. The second kappa shape index (κ2) is 5.34. The Morgan fingerprint density at radius 2 is 2.05 bits per heavy atom. The van der Waals surface area contributed by atoms with Gasteiger partial charge in [0.2, 0.25) is 5.91 Å². The number of hydrogen-bond acceptors (Lipinski definition) is 3. The molecule has 0 unspecified atom stereocenters. The van der Waals surface area contributed by atoms with Gasteiger partial charge in [-0.2, -0.15) is 5.26 Å². The number of aryl methyl sites for hydroxylation is 1. The Bertz CT molecular complexity index is 727. The molecule has 3 nitrogen and oxygen atoms in total. The molecule has 21 heavy (non-hydrogen) atoms. The molecular weight excluding hydrogens is 280 g/mol. The fraction of sp³-hybridized carbons (Fsp3) is 0.294. The molecule has 0 spiro atoms. The minimum atomic E-state index is 0.0293. The molecule has 3 rings (SSSR count). The molecule has 1 amide bonds. The minimum Gasteiger partial charge on any atom is -0.316 e. The second-order valence-electron chi connectivity index (χ2n) is 5.45. The average Bonchev–Trinajstić information content (AvgIpc) is 3.24. The van der Waals surface area contributed by atoms with Crippen LogP contribution >= 0.6 is 11.3 Å². The number of hydrogen-bond donors (Lipinski definition) is 1. The summed E-state index contributed by atoms with van der Waals surface area (Å²) in [6.07, 6.45) is 0.890. The third kappa shape index (κ3) is 2.57. The molecule has 4 heteroatoms. The van der Waals surface area contributed by atoms with Gasteiger partial charge in [0.15, 0.2) is 0 Å². The van der Waals surface area contributed by atoms with E-state index in [-0.39, 0.29) is 11.8 Å². The topological polar surface area (TPSA) is 52.9 Å². The summed E-state index contributed by atoms with van der Waals surface area (Å²) in [4.78, 5) is 13.4. The first-order valence-corrected chi connectivity index (χ1v) is 7.79. The van der Waals surface area contributed by atoms with Crippen LogP contribution in [0, 0.1) is 31.1 Å². The maximum absolute atomic E-state index is 12.3. The van der Waals surface area contributed by atoms with Gasteiger partial charge >= 0.3 is 0 Å². The van der Waals surface area contributed by atoms with Crippen molar-refractivity contribution in [2.75, 3.05) is 5.32 Å². The van der Waals surface area contributed by atoms with Crippen molar-refractivity contribution in [2.45, 2.75) is 26.2 Å². The molecule has 1 heterocycles. The van der Waals surface area contributed by atoms with Gasteiger partial charge in [-0.3, -0.25) is 4.79 Å². The fourth-order valence-corrected chi connectivity index (χ4v) is 3.62. The fourth-order valence-electron chi connectivity index (χ4n) is 2.61. The number of benzene rings is 1. The van der Waals surface area contributed by atoms with Crippen molar-refractivity contribution in [1.82, 2.24) is 0 Å². The van der Waals surface area contributed by atoms with E-state index in [1.165, 1.54) is 16.9 Å². The highest BCUT2D eigenvalue weighted by molar-refractivity contribution is 7.16. The Labute approximate surface area is 128 Å². The van der Waals surface area contributed by atoms with E-state index in [4.69, 9.17) is 0 Å². The van der Waals surface area contributed by atoms with Gasteiger partial charge in [0.25, 0.3) is 0 Å². The molecule has 2 aromatic rings. The number of amides is 1. The molecule has 0 bridgehead atoms. The lowest BCUT2D eigenvalue weighted by molar-refractivity contribution is -0.117. The highest BCUT2D eigenvalue weighted by Gasteiger charge is 2.44. The van der Waals surface area contributed by atoms with Crippen molar-refractivity contribution in [3.8, 4) is 6.07 Å². The van der Waals surface area contributed by atoms with Gasteiger partial charge in [-0.15, -0.1) is 11.3 Å². The van der Waals surface area contributed by atoms with Gasteiger partial charge in [0.1, 0.15) is 11.1 Å². The molecule has 1 N–H and O–H groups in total. The van der Waals surface area contributed by atoms with Crippen LogP contribution in [0.1, 0.15) is 33.9 Å². The summed E-state index contributed by atoms with van der Waals surface area (Å²) < 4.78 is 0. The smallest absolute Gasteiger partial charge is 0.228 e. The normalized spacial score (nSPS) is 19.9. The van der Waals surface area contributed by atoms with E-state index in [0.717, 1.165) is 16.9 Å². The molecule has 1 aliphatic rings. The number of carbonyl (C=O) groups is 1. The van der Waals surface area contributed by atoms with Gasteiger partial charge in [0, 0.05) is 10.8 Å². The van der Waals surface area contributed by atoms with Gasteiger partial charge in [-0.1, -0.05) is 30.3 Å². The quantitative estimate of drug-likeness (QED) is 0.931. The molecule has 1 aliphatic carbocycles. The zero-order valence-corrected chi connectivity index (χ0v) is 12.8. The van der Waals surface area contributed by atoms with Crippen molar-refractivity contribution in [1.29, 1.82) is 5.26 Å². The Hall–Kier alpha value is -2.12. The Morgan fingerprint density at radius 3 is 2.71 bits per heavy atom. The summed E-state index contributed by atoms with van der Waals surface area (Å²) >= 11 is 1.48. The van der Waals surface area contributed by atoms with E-state index in [0.29, 0.717) is 16.5 Å². The average molecular weight is 296 g/mol. The number of nitrogens with zero attached hydrogens (tertiary/aromatic N) is 1. The lowest BCUT2D eigenvalue weighted by atomic mass is 10.1. The van der Waals surface area contributed by atoms with Crippen LogP contribution in [0.4, 0.5) is 5.00 Å². The van der Waals surface area contributed by atoms with Crippen molar-refractivity contribution in [3.63, 3.8) is 0 Å². The van der Waals surface area contributed by atoms with Crippen LogP contribution in [0.5, 0.6) is 0 Å². The summed E-state index contributed by atoms with van der Waals surface area (Å²) in [5.41, 5.74) is 2.78. The predicted molar refractivity (Wildman–Crippen MR) is 84.4 cm³/mol. The van der Waals surface area contributed by atoms with Gasteiger partial charge in [-0.05, 0) is 37.3 Å². The molecule has 0 radical (unpaired) electrons. The van der Waals surface area contributed by atoms with E-state index in [1.54, 1.807) is 0 Å². The van der Waals surface area contributed by atoms with Crippen LogP contribution in [0.3, 0.4) is 0 Å². The molecule has 1 aromatic heterocycles. The largest absolute Gasteiger partial charge is 0.316 e. The molecule has 1 saturated carbocycles. The first-order valence-electron chi connectivity index (χ1n) is 6.97. The SMILES string of the molecule is Cc1sc(NC(=O)[C@@H]2C[C@H]2c2ccccc2)c(C#N)c1C. The van der Waals surface area contributed by atoms with Gasteiger partial charge in [0.05, 0.1) is 5.56 Å². The first-order chi connectivity index (χ1) is 10.1. The summed E-state index contributed by atoms with van der Waals surface area (Å²) in [5, 5.41) is 12.8. The second-order valence-corrected chi connectivity index (χ2v) is 6.67. The predicted octanol–water partition coefficient (Wildman–Crippen LogP) is 3.98.